The third-order valence-electron chi connectivity index (χ3n) is 4.51. The van der Waals surface area contributed by atoms with Gasteiger partial charge in [0.25, 0.3) is 0 Å². The summed E-state index contributed by atoms with van der Waals surface area (Å²) in [5, 5.41) is 38.8. The number of phenolic OH excluding ortho intramolecular Hbond substituents is 1. The molecule has 0 spiro atoms. The molecule has 1 fully saturated rings. The maximum absolute atomic E-state index is 10.2. The Morgan fingerprint density at radius 3 is 2.57 bits per heavy atom. The second-order valence-electron chi connectivity index (χ2n) is 6.39. The monoisotopic (exact) mass is 389 g/mol. The molecule has 148 valence electrons. The van der Waals surface area contributed by atoms with Gasteiger partial charge in [0.05, 0.1) is 12.9 Å². The molecule has 2 aromatic heterocycles. The number of imidazole rings is 1. The van der Waals surface area contributed by atoms with Crippen LogP contribution in [0.15, 0.2) is 30.6 Å². The number of aliphatic hydroxyl groups excluding tert-OH is 3. The van der Waals surface area contributed by atoms with Gasteiger partial charge in [-0.05, 0) is 17.7 Å². The Labute approximate surface area is 158 Å². The van der Waals surface area contributed by atoms with Crippen molar-refractivity contribution in [2.45, 2.75) is 31.1 Å². The summed E-state index contributed by atoms with van der Waals surface area (Å²) in [6, 6.07) is 6.49. The van der Waals surface area contributed by atoms with Gasteiger partial charge in [0.1, 0.15) is 30.7 Å². The molecule has 0 radical (unpaired) electrons. The van der Waals surface area contributed by atoms with Gasteiger partial charge in [-0.3, -0.25) is 4.57 Å². The number of hydrogen-bond acceptors (Lipinski definition) is 10. The maximum atomic E-state index is 10.2. The Kier molecular flexibility index (Phi) is 4.73. The van der Waals surface area contributed by atoms with E-state index in [4.69, 9.17) is 15.2 Å². The second-order valence-corrected chi connectivity index (χ2v) is 6.39. The predicted octanol–water partition coefficient (Wildman–Crippen LogP) is -0.695. The first-order valence-electron chi connectivity index (χ1n) is 8.51. The zero-order chi connectivity index (χ0) is 19.8. The first-order chi connectivity index (χ1) is 13.5. The Hall–Kier alpha value is -2.99. The van der Waals surface area contributed by atoms with E-state index in [1.165, 1.54) is 10.9 Å². The lowest BCUT2D eigenvalue weighted by atomic mass is 10.1. The number of phenols is 1. The lowest BCUT2D eigenvalue weighted by molar-refractivity contribution is -0.0511. The molecule has 3 heterocycles. The van der Waals surface area contributed by atoms with Gasteiger partial charge < -0.3 is 35.6 Å². The fourth-order valence-electron chi connectivity index (χ4n) is 3.05. The Morgan fingerprint density at radius 2 is 1.89 bits per heavy atom. The number of nitrogens with two attached hydrogens (primary N) is 1. The van der Waals surface area contributed by atoms with E-state index in [2.05, 4.69) is 15.0 Å². The zero-order valence-electron chi connectivity index (χ0n) is 14.6. The van der Waals surface area contributed by atoms with Crippen LogP contribution in [0.2, 0.25) is 0 Å². The number of aromatic nitrogens is 4. The summed E-state index contributed by atoms with van der Waals surface area (Å²) in [5.41, 5.74) is 7.13. The van der Waals surface area contributed by atoms with Gasteiger partial charge in [-0.2, -0.15) is 9.97 Å². The lowest BCUT2D eigenvalue weighted by Crippen LogP contribution is -2.33. The highest BCUT2D eigenvalue weighted by molar-refractivity contribution is 5.77. The molecule has 28 heavy (non-hydrogen) atoms. The van der Waals surface area contributed by atoms with E-state index in [9.17, 15) is 20.4 Å². The number of aromatic hydroxyl groups is 1. The molecule has 6 N–H and O–H groups in total. The van der Waals surface area contributed by atoms with Crippen molar-refractivity contribution in [1.29, 1.82) is 0 Å². The van der Waals surface area contributed by atoms with E-state index in [-0.39, 0.29) is 29.8 Å². The minimum Gasteiger partial charge on any atom is -0.508 e. The van der Waals surface area contributed by atoms with Crippen molar-refractivity contribution in [2.24, 2.45) is 0 Å². The SMILES string of the molecule is Nc1nc(OCc2ccc(O)cc2)c2ncn(C3OC(CO)C(O)C3O)c2n1. The van der Waals surface area contributed by atoms with E-state index in [1.807, 2.05) is 0 Å². The summed E-state index contributed by atoms with van der Waals surface area (Å²) in [5.74, 6) is 0.220. The molecule has 0 amide bonds. The maximum Gasteiger partial charge on any atom is 0.247 e. The predicted molar refractivity (Wildman–Crippen MR) is 95.2 cm³/mol. The molecule has 11 nitrogen and oxygen atoms in total. The topological polar surface area (TPSA) is 169 Å². The lowest BCUT2D eigenvalue weighted by Gasteiger charge is -2.16. The molecule has 1 aromatic carbocycles. The number of nitrogens with zero attached hydrogens (tertiary/aromatic N) is 4. The molecule has 4 unspecified atom stereocenters. The molecule has 4 rings (SSSR count). The number of hydrogen-bond donors (Lipinski definition) is 5. The van der Waals surface area contributed by atoms with Gasteiger partial charge in [-0.25, -0.2) is 4.98 Å². The molecule has 0 bridgehead atoms. The normalized spacial score (nSPS) is 24.7. The number of benzene rings is 1. The van der Waals surface area contributed by atoms with E-state index in [1.54, 1.807) is 24.3 Å². The summed E-state index contributed by atoms with van der Waals surface area (Å²) < 4.78 is 12.6. The number of rotatable bonds is 5. The average Bonchev–Trinajstić information content (AvgIpc) is 3.22. The molecular formula is C17H19N5O6. The van der Waals surface area contributed by atoms with Crippen molar-refractivity contribution in [3.63, 3.8) is 0 Å². The summed E-state index contributed by atoms with van der Waals surface area (Å²) >= 11 is 0. The van der Waals surface area contributed by atoms with Gasteiger partial charge in [-0.15, -0.1) is 0 Å². The van der Waals surface area contributed by atoms with Crippen LogP contribution in [-0.4, -0.2) is 64.9 Å². The summed E-state index contributed by atoms with van der Waals surface area (Å²) in [7, 11) is 0. The van der Waals surface area contributed by atoms with Gasteiger partial charge in [0, 0.05) is 0 Å². The fourth-order valence-corrected chi connectivity index (χ4v) is 3.05. The van der Waals surface area contributed by atoms with Crippen molar-refractivity contribution in [3.05, 3.63) is 36.2 Å². The van der Waals surface area contributed by atoms with E-state index < -0.39 is 31.1 Å². The zero-order valence-corrected chi connectivity index (χ0v) is 14.6. The van der Waals surface area contributed by atoms with Crippen LogP contribution in [0.4, 0.5) is 5.95 Å². The highest BCUT2D eigenvalue weighted by Crippen LogP contribution is 2.33. The van der Waals surface area contributed by atoms with Crippen LogP contribution in [0.5, 0.6) is 11.6 Å². The summed E-state index contributed by atoms with van der Waals surface area (Å²) in [6.07, 6.45) is -3.10. The largest absolute Gasteiger partial charge is 0.508 e. The van der Waals surface area contributed by atoms with Gasteiger partial charge in [0.2, 0.25) is 11.8 Å². The summed E-state index contributed by atoms with van der Waals surface area (Å²) in [4.78, 5) is 12.4. The second kappa shape index (κ2) is 7.20. The van der Waals surface area contributed by atoms with Crippen LogP contribution in [-0.2, 0) is 11.3 Å². The number of aliphatic hydroxyl groups is 3. The molecule has 1 saturated heterocycles. The van der Waals surface area contributed by atoms with Crippen molar-refractivity contribution >= 4 is 17.1 Å². The molecule has 3 aromatic rings. The van der Waals surface area contributed by atoms with Gasteiger partial charge in [-0.1, -0.05) is 12.1 Å². The van der Waals surface area contributed by atoms with Crippen LogP contribution in [0.1, 0.15) is 11.8 Å². The van der Waals surface area contributed by atoms with Crippen LogP contribution >= 0.6 is 0 Å². The highest BCUT2D eigenvalue weighted by Gasteiger charge is 2.44. The van der Waals surface area contributed by atoms with Crippen molar-refractivity contribution in [2.75, 3.05) is 12.3 Å². The minimum absolute atomic E-state index is 0.0679. The third-order valence-corrected chi connectivity index (χ3v) is 4.51. The molecular weight excluding hydrogens is 370 g/mol. The van der Waals surface area contributed by atoms with Crippen molar-refractivity contribution < 1.29 is 29.9 Å². The Balaban J connectivity index is 1.64. The minimum atomic E-state index is -1.29. The fraction of sp³-hybridized carbons (Fsp3) is 0.353. The van der Waals surface area contributed by atoms with Crippen LogP contribution in [0.3, 0.4) is 0 Å². The summed E-state index contributed by atoms with van der Waals surface area (Å²) in [6.45, 7) is -0.286. The third kappa shape index (κ3) is 3.20. The number of anilines is 1. The quantitative estimate of drug-likeness (QED) is 0.376. The van der Waals surface area contributed by atoms with Crippen molar-refractivity contribution in [3.8, 4) is 11.6 Å². The molecule has 11 heteroatoms. The number of fused-ring (bicyclic) bond motifs is 1. The number of ether oxygens (including phenoxy) is 2. The standard InChI is InChI=1S/C17H19N5O6/c18-17-20-14-11(15(21-17)27-6-8-1-3-9(24)4-2-8)19-7-22(14)16-13(26)12(25)10(5-23)28-16/h1-4,7,10,12-13,16,23-26H,5-6H2,(H2,18,20,21). The Bertz CT molecular complexity index is 978. The molecule has 0 aliphatic carbocycles. The molecule has 1 aliphatic heterocycles. The molecule has 1 aliphatic rings. The van der Waals surface area contributed by atoms with Crippen LogP contribution < -0.4 is 10.5 Å². The van der Waals surface area contributed by atoms with Gasteiger partial charge >= 0.3 is 0 Å². The first kappa shape index (κ1) is 18.4. The average molecular weight is 389 g/mol. The van der Waals surface area contributed by atoms with E-state index in [0.717, 1.165) is 5.56 Å². The Morgan fingerprint density at radius 1 is 1.14 bits per heavy atom. The smallest absolute Gasteiger partial charge is 0.247 e. The number of nitrogen functional groups attached to an aromatic ring is 1. The highest BCUT2D eigenvalue weighted by atomic mass is 16.6. The van der Waals surface area contributed by atoms with Crippen molar-refractivity contribution in [1.82, 2.24) is 19.5 Å². The first-order valence-corrected chi connectivity index (χ1v) is 8.51. The van der Waals surface area contributed by atoms with E-state index in [0.29, 0.717) is 5.52 Å². The molecule has 4 atom stereocenters. The van der Waals surface area contributed by atoms with E-state index >= 15 is 0 Å². The van der Waals surface area contributed by atoms with Crippen LogP contribution in [0.25, 0.3) is 11.2 Å². The van der Waals surface area contributed by atoms with Gasteiger partial charge in [0.15, 0.2) is 17.4 Å². The molecule has 0 saturated carbocycles. The van der Waals surface area contributed by atoms with Crippen LogP contribution in [0, 0.1) is 0 Å².